The van der Waals surface area contributed by atoms with Crippen LogP contribution in [0.5, 0.6) is 0 Å². The van der Waals surface area contributed by atoms with E-state index >= 15 is 0 Å². The van der Waals surface area contributed by atoms with E-state index in [-0.39, 0.29) is 5.56 Å². The summed E-state index contributed by atoms with van der Waals surface area (Å²) >= 11 is 0. The Labute approximate surface area is 110 Å². The van der Waals surface area contributed by atoms with Gasteiger partial charge in [0.25, 0.3) is 11.4 Å². The largest absolute Gasteiger partial charge is 0.332 e. The van der Waals surface area contributed by atoms with Gasteiger partial charge in [-0.05, 0) is 25.3 Å². The van der Waals surface area contributed by atoms with Crippen molar-refractivity contribution in [2.45, 2.75) is 45.1 Å². The lowest BCUT2D eigenvalue weighted by Crippen LogP contribution is -2.22. The number of nitrogens with zero attached hydrogens (tertiary/aromatic N) is 4. The average molecular weight is 260 g/mol. The van der Waals surface area contributed by atoms with Crippen molar-refractivity contribution in [2.24, 2.45) is 0 Å². The Bertz CT molecular complexity index is 628. The molecular weight excluding hydrogens is 244 g/mol. The second-order valence-corrected chi connectivity index (χ2v) is 4.87. The molecule has 0 radical (unpaired) electrons. The molecule has 0 aromatic carbocycles. The number of rotatable bonds is 4. The summed E-state index contributed by atoms with van der Waals surface area (Å²) in [5.41, 5.74) is 0.454. The molecule has 6 heteroatoms. The van der Waals surface area contributed by atoms with Crippen LogP contribution in [0.4, 0.5) is 0 Å². The van der Waals surface area contributed by atoms with E-state index in [9.17, 15) is 4.79 Å². The minimum atomic E-state index is -0.107. The number of aryl methyl sites for hydroxylation is 1. The third kappa shape index (κ3) is 2.30. The fourth-order valence-corrected chi connectivity index (χ4v) is 2.11. The van der Waals surface area contributed by atoms with Crippen LogP contribution in [0.2, 0.25) is 0 Å². The van der Waals surface area contributed by atoms with Crippen LogP contribution in [0.25, 0.3) is 11.6 Å². The molecule has 100 valence electrons. The zero-order valence-electron chi connectivity index (χ0n) is 10.9. The molecule has 1 saturated carbocycles. The van der Waals surface area contributed by atoms with Crippen LogP contribution in [0.3, 0.4) is 0 Å². The minimum absolute atomic E-state index is 0.107. The maximum absolute atomic E-state index is 11.6. The highest BCUT2D eigenvalue weighted by molar-refractivity contribution is 5.44. The van der Waals surface area contributed by atoms with Crippen LogP contribution in [-0.4, -0.2) is 19.9 Å². The maximum Gasteiger partial charge on any atom is 0.278 e. The topological polar surface area (TPSA) is 73.8 Å². The first kappa shape index (κ1) is 12.1. The van der Waals surface area contributed by atoms with E-state index < -0.39 is 0 Å². The first-order valence-electron chi connectivity index (χ1n) is 6.70. The van der Waals surface area contributed by atoms with Crippen molar-refractivity contribution in [1.82, 2.24) is 19.9 Å². The quantitative estimate of drug-likeness (QED) is 0.840. The Kier molecular flexibility index (Phi) is 3.15. The van der Waals surface area contributed by atoms with Gasteiger partial charge in [-0.1, -0.05) is 18.5 Å². The Hall–Kier alpha value is -1.98. The number of hydrogen-bond donors (Lipinski definition) is 0. The molecule has 0 N–H and O–H groups in total. The van der Waals surface area contributed by atoms with Crippen LogP contribution >= 0.6 is 0 Å². The monoisotopic (exact) mass is 260 g/mol. The maximum atomic E-state index is 11.6. The summed E-state index contributed by atoms with van der Waals surface area (Å²) in [6.07, 6.45) is 4.34. The van der Waals surface area contributed by atoms with Gasteiger partial charge in [0.1, 0.15) is 5.69 Å². The highest BCUT2D eigenvalue weighted by Crippen LogP contribution is 2.35. The highest BCUT2D eigenvalue weighted by Gasteiger charge is 2.25. The van der Waals surface area contributed by atoms with Gasteiger partial charge in [0, 0.05) is 18.5 Å². The fraction of sp³-hybridized carbons (Fsp3) is 0.538. The van der Waals surface area contributed by atoms with Gasteiger partial charge < -0.3 is 4.52 Å². The predicted octanol–water partition coefficient (Wildman–Crippen LogP) is 1.97. The molecule has 1 aliphatic carbocycles. The van der Waals surface area contributed by atoms with Gasteiger partial charge in [0.15, 0.2) is 5.82 Å². The Morgan fingerprint density at radius 1 is 1.42 bits per heavy atom. The summed E-state index contributed by atoms with van der Waals surface area (Å²) in [5, 5.41) is 8.26. The van der Waals surface area contributed by atoms with Gasteiger partial charge in [0.05, 0.1) is 0 Å². The Morgan fingerprint density at radius 2 is 2.26 bits per heavy atom. The number of hydrogen-bond acceptors (Lipinski definition) is 5. The van der Waals surface area contributed by atoms with Gasteiger partial charge in [-0.2, -0.15) is 10.1 Å². The lowest BCUT2D eigenvalue weighted by atomic mass is 9.85. The molecule has 6 nitrogen and oxygen atoms in total. The Morgan fingerprint density at radius 3 is 2.95 bits per heavy atom. The smallest absolute Gasteiger partial charge is 0.278 e. The van der Waals surface area contributed by atoms with E-state index in [2.05, 4.69) is 15.2 Å². The van der Waals surface area contributed by atoms with Crippen molar-refractivity contribution in [2.75, 3.05) is 0 Å². The molecule has 0 aliphatic heterocycles. The van der Waals surface area contributed by atoms with E-state index in [0.29, 0.717) is 24.0 Å². The molecule has 2 aromatic rings. The zero-order chi connectivity index (χ0) is 13.2. The van der Waals surface area contributed by atoms with Crippen molar-refractivity contribution >= 4 is 0 Å². The first-order valence-corrected chi connectivity index (χ1v) is 6.70. The van der Waals surface area contributed by atoms with Crippen LogP contribution in [0, 0.1) is 0 Å². The van der Waals surface area contributed by atoms with Crippen molar-refractivity contribution in [1.29, 1.82) is 0 Å². The molecule has 19 heavy (non-hydrogen) atoms. The van der Waals surface area contributed by atoms with E-state index in [4.69, 9.17) is 4.52 Å². The van der Waals surface area contributed by atoms with Crippen molar-refractivity contribution in [3.05, 3.63) is 28.3 Å². The number of aromatic nitrogens is 4. The standard InChI is InChI=1S/C13H16N4O2/c1-2-8-17-11(18)7-6-10(15-17)13-14-12(16-19-13)9-4-3-5-9/h6-7,9H,2-5,8H2,1H3. The van der Waals surface area contributed by atoms with E-state index in [0.717, 1.165) is 25.1 Å². The SMILES string of the molecule is CCCn1nc(-c2nc(C3CCC3)no2)ccc1=O. The molecule has 2 heterocycles. The summed E-state index contributed by atoms with van der Waals surface area (Å²) < 4.78 is 6.67. The highest BCUT2D eigenvalue weighted by atomic mass is 16.5. The lowest BCUT2D eigenvalue weighted by Gasteiger charge is -2.20. The van der Waals surface area contributed by atoms with Crippen LogP contribution in [-0.2, 0) is 6.54 Å². The summed E-state index contributed by atoms with van der Waals surface area (Å²) in [6, 6.07) is 3.12. The van der Waals surface area contributed by atoms with Gasteiger partial charge in [0.2, 0.25) is 0 Å². The molecule has 0 atom stereocenters. The second-order valence-electron chi connectivity index (χ2n) is 4.87. The normalized spacial score (nSPS) is 15.4. The van der Waals surface area contributed by atoms with E-state index in [1.807, 2.05) is 6.92 Å². The van der Waals surface area contributed by atoms with Crippen LogP contribution in [0.15, 0.2) is 21.5 Å². The van der Waals surface area contributed by atoms with Crippen molar-refractivity contribution < 1.29 is 4.52 Å². The van der Waals surface area contributed by atoms with E-state index in [1.54, 1.807) is 6.07 Å². The average Bonchev–Trinajstić information content (AvgIpc) is 2.79. The van der Waals surface area contributed by atoms with Crippen molar-refractivity contribution in [3.63, 3.8) is 0 Å². The molecule has 0 amide bonds. The summed E-state index contributed by atoms with van der Waals surface area (Å²) in [5.74, 6) is 1.59. The molecule has 1 aliphatic rings. The summed E-state index contributed by atoms with van der Waals surface area (Å²) in [4.78, 5) is 16.0. The zero-order valence-corrected chi connectivity index (χ0v) is 10.9. The van der Waals surface area contributed by atoms with Crippen molar-refractivity contribution in [3.8, 4) is 11.6 Å². The lowest BCUT2D eigenvalue weighted by molar-refractivity contribution is 0.365. The third-order valence-corrected chi connectivity index (χ3v) is 3.43. The van der Waals surface area contributed by atoms with Gasteiger partial charge >= 0.3 is 0 Å². The van der Waals surface area contributed by atoms with Gasteiger partial charge in [-0.25, -0.2) is 4.68 Å². The second kappa shape index (κ2) is 4.95. The Balaban J connectivity index is 1.90. The fourth-order valence-electron chi connectivity index (χ4n) is 2.11. The molecule has 1 fully saturated rings. The molecule has 3 rings (SSSR count). The van der Waals surface area contributed by atoms with Gasteiger partial charge in [-0.3, -0.25) is 4.79 Å². The molecule has 2 aromatic heterocycles. The minimum Gasteiger partial charge on any atom is -0.332 e. The molecule has 0 spiro atoms. The van der Waals surface area contributed by atoms with Crippen LogP contribution in [0.1, 0.15) is 44.3 Å². The summed E-state index contributed by atoms with van der Waals surface area (Å²) in [7, 11) is 0. The third-order valence-electron chi connectivity index (χ3n) is 3.43. The van der Waals surface area contributed by atoms with Crippen LogP contribution < -0.4 is 5.56 Å². The first-order chi connectivity index (χ1) is 9.28. The summed E-state index contributed by atoms with van der Waals surface area (Å²) in [6.45, 7) is 2.60. The molecule has 0 unspecified atom stereocenters. The molecule has 0 bridgehead atoms. The molecule has 0 saturated heterocycles. The van der Waals surface area contributed by atoms with E-state index in [1.165, 1.54) is 17.2 Å². The van der Waals surface area contributed by atoms with Gasteiger partial charge in [-0.15, -0.1) is 0 Å². The molecular formula is C13H16N4O2. The predicted molar refractivity (Wildman–Crippen MR) is 68.7 cm³/mol.